The Bertz CT molecular complexity index is 953. The topological polar surface area (TPSA) is 71.2 Å². The van der Waals surface area contributed by atoms with Gasteiger partial charge in [0.1, 0.15) is 5.52 Å². The van der Waals surface area contributed by atoms with E-state index in [0.29, 0.717) is 17.4 Å². The second-order valence-electron chi connectivity index (χ2n) is 6.50. The third kappa shape index (κ3) is 3.31. The summed E-state index contributed by atoms with van der Waals surface area (Å²) in [5.74, 6) is 0. The van der Waals surface area contributed by atoms with E-state index in [0.717, 1.165) is 19.5 Å². The first-order valence-electron chi connectivity index (χ1n) is 8.50. The Kier molecular flexibility index (Phi) is 4.29. The van der Waals surface area contributed by atoms with E-state index in [2.05, 4.69) is 33.4 Å². The largest absolute Gasteiger partial charge is 0.390 e. The van der Waals surface area contributed by atoms with Gasteiger partial charge in [0.2, 0.25) is 0 Å². The number of β-amino-alcohol motifs (C(OH)–C–C–N with tert-alkyl or cyclic N) is 1. The summed E-state index contributed by atoms with van der Waals surface area (Å²) in [7, 11) is 0. The lowest BCUT2D eigenvalue weighted by Crippen LogP contribution is -2.40. The summed E-state index contributed by atoms with van der Waals surface area (Å²) in [5, 5.41) is 19.0. The first-order chi connectivity index (χ1) is 12.2. The highest BCUT2D eigenvalue weighted by atomic mass is 16.3. The molecule has 3 aromatic rings. The Morgan fingerprint density at radius 2 is 1.80 bits per heavy atom. The van der Waals surface area contributed by atoms with Crippen molar-refractivity contribution in [1.29, 1.82) is 0 Å². The molecule has 1 N–H and O–H groups in total. The highest BCUT2D eigenvalue weighted by Crippen LogP contribution is 2.18. The molecular weight excluding hydrogens is 316 g/mol. The van der Waals surface area contributed by atoms with Crippen molar-refractivity contribution in [3.05, 3.63) is 70.0 Å². The maximum absolute atomic E-state index is 12.5. The lowest BCUT2D eigenvalue weighted by Gasteiger charge is -2.30. The molecule has 0 saturated carbocycles. The zero-order valence-corrected chi connectivity index (χ0v) is 13.9. The molecular formula is C19H20N4O2. The molecule has 1 aromatic heterocycles. The van der Waals surface area contributed by atoms with Gasteiger partial charge in [-0.3, -0.25) is 9.69 Å². The van der Waals surface area contributed by atoms with Crippen LogP contribution in [-0.2, 0) is 19.5 Å². The standard InChI is InChI=1S/C19H20N4O2/c24-16(12-22-10-9-14-5-1-2-6-15(14)11-22)13-23-19(25)17-7-3-4-8-18(17)20-21-23/h1-8,16,24H,9-13H2. The van der Waals surface area contributed by atoms with Crippen LogP contribution in [0.2, 0.25) is 0 Å². The van der Waals surface area contributed by atoms with Crippen LogP contribution in [0.4, 0.5) is 0 Å². The number of benzene rings is 2. The minimum atomic E-state index is -0.668. The quantitative estimate of drug-likeness (QED) is 0.775. The van der Waals surface area contributed by atoms with Gasteiger partial charge < -0.3 is 5.11 Å². The summed E-state index contributed by atoms with van der Waals surface area (Å²) in [4.78, 5) is 14.7. The van der Waals surface area contributed by atoms with Gasteiger partial charge >= 0.3 is 0 Å². The van der Waals surface area contributed by atoms with E-state index in [1.165, 1.54) is 15.8 Å². The Balaban J connectivity index is 1.45. The average Bonchev–Trinajstić information content (AvgIpc) is 2.64. The summed E-state index contributed by atoms with van der Waals surface area (Å²) >= 11 is 0. The van der Waals surface area contributed by atoms with Crippen LogP contribution in [0.5, 0.6) is 0 Å². The molecule has 1 aliphatic rings. The highest BCUT2D eigenvalue weighted by molar-refractivity contribution is 5.76. The number of rotatable bonds is 4. The second kappa shape index (κ2) is 6.74. The summed E-state index contributed by atoms with van der Waals surface area (Å²) < 4.78 is 1.25. The van der Waals surface area contributed by atoms with Crippen molar-refractivity contribution in [1.82, 2.24) is 19.9 Å². The summed E-state index contributed by atoms with van der Waals surface area (Å²) in [6.45, 7) is 2.39. The second-order valence-corrected chi connectivity index (χ2v) is 6.50. The molecule has 2 aromatic carbocycles. The minimum Gasteiger partial charge on any atom is -0.390 e. The SMILES string of the molecule is O=c1c2ccccc2nnn1CC(O)CN1CCc2ccccc2C1. The monoisotopic (exact) mass is 336 g/mol. The molecule has 0 spiro atoms. The van der Waals surface area contributed by atoms with Gasteiger partial charge in [-0.05, 0) is 29.7 Å². The minimum absolute atomic E-state index is 0.148. The van der Waals surface area contributed by atoms with Crippen molar-refractivity contribution in [2.45, 2.75) is 25.6 Å². The van der Waals surface area contributed by atoms with E-state index >= 15 is 0 Å². The van der Waals surface area contributed by atoms with E-state index in [4.69, 9.17) is 0 Å². The fourth-order valence-corrected chi connectivity index (χ4v) is 3.41. The fraction of sp³-hybridized carbons (Fsp3) is 0.316. The molecule has 0 fully saturated rings. The predicted octanol–water partition coefficient (Wildman–Crippen LogP) is 1.21. The van der Waals surface area contributed by atoms with Crippen molar-refractivity contribution in [2.24, 2.45) is 0 Å². The zero-order chi connectivity index (χ0) is 17.2. The van der Waals surface area contributed by atoms with Crippen LogP contribution in [0.25, 0.3) is 10.9 Å². The molecule has 1 unspecified atom stereocenters. The van der Waals surface area contributed by atoms with Gasteiger partial charge in [-0.1, -0.05) is 41.6 Å². The number of nitrogens with zero attached hydrogens (tertiary/aromatic N) is 4. The van der Waals surface area contributed by atoms with Crippen molar-refractivity contribution in [3.63, 3.8) is 0 Å². The predicted molar refractivity (Wildman–Crippen MR) is 95.2 cm³/mol. The Morgan fingerprint density at radius 3 is 2.68 bits per heavy atom. The smallest absolute Gasteiger partial charge is 0.277 e. The molecule has 4 rings (SSSR count). The molecule has 25 heavy (non-hydrogen) atoms. The molecule has 1 aliphatic heterocycles. The third-order valence-electron chi connectivity index (χ3n) is 4.69. The number of fused-ring (bicyclic) bond motifs is 2. The maximum atomic E-state index is 12.5. The average molecular weight is 336 g/mol. The van der Waals surface area contributed by atoms with Crippen LogP contribution in [0.3, 0.4) is 0 Å². The summed E-state index contributed by atoms with van der Waals surface area (Å²) in [6.07, 6.45) is 0.317. The Hall–Kier alpha value is -2.57. The molecule has 0 saturated heterocycles. The van der Waals surface area contributed by atoms with Gasteiger partial charge in [0.15, 0.2) is 0 Å². The van der Waals surface area contributed by atoms with Crippen molar-refractivity contribution in [3.8, 4) is 0 Å². The van der Waals surface area contributed by atoms with Crippen LogP contribution < -0.4 is 5.56 Å². The van der Waals surface area contributed by atoms with Crippen LogP contribution in [0, 0.1) is 0 Å². The van der Waals surface area contributed by atoms with E-state index in [9.17, 15) is 9.90 Å². The first kappa shape index (κ1) is 15.9. The van der Waals surface area contributed by atoms with E-state index in [-0.39, 0.29) is 12.1 Å². The van der Waals surface area contributed by atoms with Crippen LogP contribution in [0.1, 0.15) is 11.1 Å². The van der Waals surface area contributed by atoms with Gasteiger partial charge in [-0.25, -0.2) is 4.68 Å². The molecule has 2 heterocycles. The zero-order valence-electron chi connectivity index (χ0n) is 13.9. The normalized spacial score (nSPS) is 15.9. The molecule has 6 nitrogen and oxygen atoms in total. The molecule has 0 radical (unpaired) electrons. The van der Waals surface area contributed by atoms with Crippen molar-refractivity contribution in [2.75, 3.05) is 13.1 Å². The van der Waals surface area contributed by atoms with Gasteiger partial charge in [-0.15, -0.1) is 5.10 Å². The van der Waals surface area contributed by atoms with Gasteiger partial charge in [0.05, 0.1) is 18.0 Å². The molecule has 1 atom stereocenters. The van der Waals surface area contributed by atoms with Gasteiger partial charge in [0, 0.05) is 19.6 Å². The summed E-state index contributed by atoms with van der Waals surface area (Å²) in [6, 6.07) is 15.5. The number of aliphatic hydroxyl groups is 1. The first-order valence-corrected chi connectivity index (χ1v) is 8.50. The molecule has 6 heteroatoms. The number of hydrogen-bond donors (Lipinski definition) is 1. The van der Waals surface area contributed by atoms with Crippen molar-refractivity contribution < 1.29 is 5.11 Å². The number of aromatic nitrogens is 3. The highest BCUT2D eigenvalue weighted by Gasteiger charge is 2.19. The lowest BCUT2D eigenvalue weighted by molar-refractivity contribution is 0.0870. The Morgan fingerprint density at radius 1 is 1.04 bits per heavy atom. The van der Waals surface area contributed by atoms with Gasteiger partial charge in [0.25, 0.3) is 5.56 Å². The summed E-state index contributed by atoms with van der Waals surface area (Å²) in [5.41, 5.74) is 3.05. The molecule has 0 amide bonds. The number of hydrogen-bond acceptors (Lipinski definition) is 5. The van der Waals surface area contributed by atoms with Gasteiger partial charge in [-0.2, -0.15) is 0 Å². The molecule has 0 aliphatic carbocycles. The third-order valence-corrected chi connectivity index (χ3v) is 4.69. The fourth-order valence-electron chi connectivity index (χ4n) is 3.41. The van der Waals surface area contributed by atoms with E-state index in [1.54, 1.807) is 18.2 Å². The van der Waals surface area contributed by atoms with Crippen LogP contribution in [-0.4, -0.2) is 44.2 Å². The number of aliphatic hydroxyl groups excluding tert-OH is 1. The van der Waals surface area contributed by atoms with E-state index in [1.807, 2.05) is 12.1 Å². The Labute approximate surface area is 145 Å². The molecule has 128 valence electrons. The maximum Gasteiger partial charge on any atom is 0.277 e. The van der Waals surface area contributed by atoms with E-state index < -0.39 is 6.10 Å². The van der Waals surface area contributed by atoms with Crippen molar-refractivity contribution >= 4 is 10.9 Å². The lowest BCUT2D eigenvalue weighted by atomic mass is 10.00. The van der Waals surface area contributed by atoms with Crippen LogP contribution >= 0.6 is 0 Å². The van der Waals surface area contributed by atoms with Crippen LogP contribution in [0.15, 0.2) is 53.3 Å². The molecule has 0 bridgehead atoms.